The molecule has 4 heteroatoms. The molecule has 0 fully saturated rings. The smallest absolute Gasteiger partial charge is 0.0638 e. The number of rotatable bonds is 6. The first-order chi connectivity index (χ1) is 7.15. The predicted molar refractivity (Wildman–Crippen MR) is 60.9 cm³/mol. The Balaban J connectivity index is 2.36. The molecule has 15 heavy (non-hydrogen) atoms. The van der Waals surface area contributed by atoms with Gasteiger partial charge in [0.15, 0.2) is 0 Å². The van der Waals surface area contributed by atoms with Crippen molar-refractivity contribution in [1.82, 2.24) is 15.5 Å². The Labute approximate surface area is 91.4 Å². The van der Waals surface area contributed by atoms with Gasteiger partial charge in [-0.2, -0.15) is 5.10 Å². The van der Waals surface area contributed by atoms with E-state index in [9.17, 15) is 0 Å². The van der Waals surface area contributed by atoms with Crippen LogP contribution in [0.3, 0.4) is 0 Å². The van der Waals surface area contributed by atoms with Crippen LogP contribution in [0, 0.1) is 13.8 Å². The van der Waals surface area contributed by atoms with E-state index in [1.807, 2.05) is 6.92 Å². The standard InChI is InChI=1S/C11H21N3O/c1-8(5-6-15-4)12-7-11-9(2)13-14-10(11)3/h8,12H,5-7H2,1-4H3,(H,13,14). The zero-order valence-corrected chi connectivity index (χ0v) is 10.1. The van der Waals surface area contributed by atoms with Crippen LogP contribution in [0.25, 0.3) is 0 Å². The fourth-order valence-electron chi connectivity index (χ4n) is 1.51. The summed E-state index contributed by atoms with van der Waals surface area (Å²) in [5.74, 6) is 0. The molecule has 0 amide bonds. The second kappa shape index (κ2) is 5.88. The minimum Gasteiger partial charge on any atom is -0.385 e. The third kappa shape index (κ3) is 3.64. The Morgan fingerprint density at radius 1 is 1.47 bits per heavy atom. The maximum absolute atomic E-state index is 5.04. The van der Waals surface area contributed by atoms with Crippen LogP contribution >= 0.6 is 0 Å². The zero-order chi connectivity index (χ0) is 11.3. The summed E-state index contributed by atoms with van der Waals surface area (Å²) in [4.78, 5) is 0. The largest absolute Gasteiger partial charge is 0.385 e. The molecule has 2 N–H and O–H groups in total. The molecule has 0 aliphatic rings. The van der Waals surface area contributed by atoms with Crippen molar-refractivity contribution < 1.29 is 4.74 Å². The highest BCUT2D eigenvalue weighted by Crippen LogP contribution is 2.09. The number of aromatic amines is 1. The van der Waals surface area contributed by atoms with Crippen molar-refractivity contribution in [2.75, 3.05) is 13.7 Å². The van der Waals surface area contributed by atoms with Gasteiger partial charge in [0, 0.05) is 37.6 Å². The molecule has 0 saturated carbocycles. The summed E-state index contributed by atoms with van der Waals surface area (Å²) in [5, 5.41) is 10.6. The average molecular weight is 211 g/mol. The molecular weight excluding hydrogens is 190 g/mol. The highest BCUT2D eigenvalue weighted by molar-refractivity contribution is 5.22. The summed E-state index contributed by atoms with van der Waals surface area (Å²) in [6, 6.07) is 0.471. The van der Waals surface area contributed by atoms with Crippen LogP contribution in [0.2, 0.25) is 0 Å². The maximum atomic E-state index is 5.04. The molecule has 0 aliphatic heterocycles. The van der Waals surface area contributed by atoms with Gasteiger partial charge in [-0.1, -0.05) is 0 Å². The number of nitrogens with one attached hydrogen (secondary N) is 2. The second-order valence-corrected chi connectivity index (χ2v) is 3.98. The Bertz CT molecular complexity index is 277. The summed E-state index contributed by atoms with van der Waals surface area (Å²) in [6.07, 6.45) is 1.03. The fourth-order valence-corrected chi connectivity index (χ4v) is 1.51. The third-order valence-corrected chi connectivity index (χ3v) is 2.66. The zero-order valence-electron chi connectivity index (χ0n) is 10.1. The number of aromatic nitrogens is 2. The van der Waals surface area contributed by atoms with E-state index in [0.717, 1.165) is 31.0 Å². The summed E-state index contributed by atoms with van der Waals surface area (Å²) >= 11 is 0. The van der Waals surface area contributed by atoms with Crippen LogP contribution in [0.1, 0.15) is 30.3 Å². The van der Waals surface area contributed by atoms with Crippen LogP contribution < -0.4 is 5.32 Å². The highest BCUT2D eigenvalue weighted by atomic mass is 16.5. The van der Waals surface area contributed by atoms with Crippen LogP contribution in [-0.4, -0.2) is 30.0 Å². The van der Waals surface area contributed by atoms with Crippen molar-refractivity contribution in [3.63, 3.8) is 0 Å². The van der Waals surface area contributed by atoms with Gasteiger partial charge < -0.3 is 10.1 Å². The summed E-state index contributed by atoms with van der Waals surface area (Å²) in [7, 11) is 1.73. The number of H-pyrrole nitrogens is 1. The lowest BCUT2D eigenvalue weighted by molar-refractivity contribution is 0.184. The quantitative estimate of drug-likeness (QED) is 0.750. The molecule has 1 aromatic rings. The number of methoxy groups -OCH3 is 1. The predicted octanol–water partition coefficient (Wildman–Crippen LogP) is 1.54. The number of hydrogen-bond donors (Lipinski definition) is 2. The highest BCUT2D eigenvalue weighted by Gasteiger charge is 2.07. The molecule has 0 aliphatic carbocycles. The van der Waals surface area contributed by atoms with E-state index < -0.39 is 0 Å². The number of aryl methyl sites for hydroxylation is 2. The lowest BCUT2D eigenvalue weighted by Gasteiger charge is -2.13. The molecule has 1 unspecified atom stereocenters. The van der Waals surface area contributed by atoms with Crippen LogP contribution in [-0.2, 0) is 11.3 Å². The summed E-state index contributed by atoms with van der Waals surface area (Å²) in [6.45, 7) is 7.93. The SMILES string of the molecule is COCCC(C)NCc1c(C)n[nH]c1C. The first-order valence-corrected chi connectivity index (χ1v) is 5.38. The van der Waals surface area contributed by atoms with E-state index in [2.05, 4.69) is 29.4 Å². The molecule has 0 saturated heterocycles. The van der Waals surface area contributed by atoms with Crippen molar-refractivity contribution in [2.24, 2.45) is 0 Å². The fraction of sp³-hybridized carbons (Fsp3) is 0.727. The molecule has 0 aromatic carbocycles. The van der Waals surface area contributed by atoms with E-state index >= 15 is 0 Å². The minimum absolute atomic E-state index is 0.471. The maximum Gasteiger partial charge on any atom is 0.0638 e. The molecule has 1 rings (SSSR count). The van der Waals surface area contributed by atoms with Gasteiger partial charge in [-0.05, 0) is 27.2 Å². The van der Waals surface area contributed by atoms with Crippen molar-refractivity contribution in [3.8, 4) is 0 Å². The Morgan fingerprint density at radius 3 is 2.73 bits per heavy atom. The second-order valence-electron chi connectivity index (χ2n) is 3.98. The third-order valence-electron chi connectivity index (χ3n) is 2.66. The molecular formula is C11H21N3O. The molecule has 1 heterocycles. The van der Waals surface area contributed by atoms with Crippen molar-refractivity contribution in [2.45, 2.75) is 39.8 Å². The van der Waals surface area contributed by atoms with E-state index in [1.165, 1.54) is 5.56 Å². The summed E-state index contributed by atoms with van der Waals surface area (Å²) < 4.78 is 5.04. The molecule has 1 atom stereocenters. The Hall–Kier alpha value is -0.870. The molecule has 0 radical (unpaired) electrons. The van der Waals surface area contributed by atoms with E-state index in [4.69, 9.17) is 4.74 Å². The topological polar surface area (TPSA) is 49.9 Å². The van der Waals surface area contributed by atoms with Gasteiger partial charge in [0.05, 0.1) is 5.69 Å². The van der Waals surface area contributed by atoms with Gasteiger partial charge in [0.2, 0.25) is 0 Å². The van der Waals surface area contributed by atoms with Crippen LogP contribution in [0.15, 0.2) is 0 Å². The minimum atomic E-state index is 0.471. The number of hydrogen-bond acceptors (Lipinski definition) is 3. The Morgan fingerprint density at radius 2 is 2.20 bits per heavy atom. The number of nitrogens with zero attached hydrogens (tertiary/aromatic N) is 1. The van der Waals surface area contributed by atoms with Gasteiger partial charge in [0.25, 0.3) is 0 Å². The van der Waals surface area contributed by atoms with Crippen molar-refractivity contribution in [1.29, 1.82) is 0 Å². The van der Waals surface area contributed by atoms with Gasteiger partial charge in [-0.25, -0.2) is 0 Å². The first kappa shape index (κ1) is 12.2. The molecule has 0 bridgehead atoms. The normalized spacial score (nSPS) is 13.1. The molecule has 1 aromatic heterocycles. The molecule has 86 valence electrons. The summed E-state index contributed by atoms with van der Waals surface area (Å²) in [5.41, 5.74) is 3.51. The van der Waals surface area contributed by atoms with E-state index in [1.54, 1.807) is 7.11 Å². The van der Waals surface area contributed by atoms with Gasteiger partial charge in [0.1, 0.15) is 0 Å². The average Bonchev–Trinajstić information content (AvgIpc) is 2.53. The lowest BCUT2D eigenvalue weighted by Crippen LogP contribution is -2.27. The van der Waals surface area contributed by atoms with E-state index in [-0.39, 0.29) is 0 Å². The monoisotopic (exact) mass is 211 g/mol. The van der Waals surface area contributed by atoms with Crippen molar-refractivity contribution >= 4 is 0 Å². The van der Waals surface area contributed by atoms with Gasteiger partial charge in [-0.3, -0.25) is 5.10 Å². The Kier molecular flexibility index (Phi) is 4.78. The number of ether oxygens (including phenoxy) is 1. The van der Waals surface area contributed by atoms with Crippen molar-refractivity contribution in [3.05, 3.63) is 17.0 Å². The lowest BCUT2D eigenvalue weighted by atomic mass is 10.1. The van der Waals surface area contributed by atoms with E-state index in [0.29, 0.717) is 6.04 Å². The van der Waals surface area contributed by atoms with Crippen LogP contribution in [0.4, 0.5) is 0 Å². The molecule has 4 nitrogen and oxygen atoms in total. The van der Waals surface area contributed by atoms with Crippen LogP contribution in [0.5, 0.6) is 0 Å². The van der Waals surface area contributed by atoms with Gasteiger partial charge >= 0.3 is 0 Å². The first-order valence-electron chi connectivity index (χ1n) is 5.38. The molecule has 0 spiro atoms. The van der Waals surface area contributed by atoms with Gasteiger partial charge in [-0.15, -0.1) is 0 Å².